The normalized spacial score (nSPS) is 13.7. The molecule has 1 unspecified atom stereocenters. The molecule has 1 fully saturated rings. The first-order chi connectivity index (χ1) is 20.5. The van der Waals surface area contributed by atoms with Gasteiger partial charge in [-0.15, -0.1) is 5.10 Å². The molecule has 0 aliphatic heterocycles. The second-order valence-corrected chi connectivity index (χ2v) is 10.7. The van der Waals surface area contributed by atoms with Gasteiger partial charge in [0.05, 0.1) is 18.9 Å². The van der Waals surface area contributed by atoms with Crippen LogP contribution in [0.2, 0.25) is 0 Å². The minimum Gasteiger partial charge on any atom is -0.489 e. The highest BCUT2D eigenvalue weighted by molar-refractivity contribution is 9.10. The third kappa shape index (κ3) is 6.42. The van der Waals surface area contributed by atoms with Crippen molar-refractivity contribution in [2.45, 2.75) is 25.9 Å². The van der Waals surface area contributed by atoms with Crippen LogP contribution in [-0.2, 0) is 9.53 Å². The number of fused-ring (bicyclic) bond motifs is 2. The van der Waals surface area contributed by atoms with Gasteiger partial charge in [0.1, 0.15) is 35.2 Å². The average Bonchev–Trinajstić information content (AvgIpc) is 3.77. The fraction of sp³-hybridized carbons (Fsp3) is 0.310. The Morgan fingerprint density at radius 3 is 2.79 bits per heavy atom. The summed E-state index contributed by atoms with van der Waals surface area (Å²) < 4.78 is 19.8. The quantitative estimate of drug-likeness (QED) is 0.146. The van der Waals surface area contributed by atoms with Gasteiger partial charge < -0.3 is 24.8 Å². The zero-order valence-corrected chi connectivity index (χ0v) is 24.7. The highest BCUT2D eigenvalue weighted by atomic mass is 79.9. The van der Waals surface area contributed by atoms with Gasteiger partial charge in [-0.1, -0.05) is 6.07 Å². The van der Waals surface area contributed by atoms with Crippen molar-refractivity contribution in [3.8, 4) is 23.0 Å². The Bertz CT molecular complexity index is 1740. The Balaban J connectivity index is 1.13. The molecule has 0 aromatic carbocycles. The van der Waals surface area contributed by atoms with Crippen molar-refractivity contribution in [1.82, 2.24) is 29.5 Å². The fourth-order valence-electron chi connectivity index (χ4n) is 4.35. The molecule has 1 aliphatic carbocycles. The molecule has 12 nitrogen and oxygen atoms in total. The molecule has 1 atom stereocenters. The van der Waals surface area contributed by atoms with E-state index in [9.17, 15) is 4.79 Å². The van der Waals surface area contributed by atoms with E-state index in [4.69, 9.17) is 24.3 Å². The van der Waals surface area contributed by atoms with Gasteiger partial charge in [0, 0.05) is 47.8 Å². The summed E-state index contributed by atoms with van der Waals surface area (Å²) >= 11 is 3.33. The number of nitrogens with one attached hydrogen (secondary N) is 2. The van der Waals surface area contributed by atoms with Crippen molar-refractivity contribution in [2.24, 2.45) is 5.92 Å². The van der Waals surface area contributed by atoms with Crippen LogP contribution in [0.3, 0.4) is 0 Å². The van der Waals surface area contributed by atoms with Crippen molar-refractivity contribution in [3.63, 3.8) is 0 Å². The molecular formula is C29H29BrN8O4. The third-order valence-corrected chi connectivity index (χ3v) is 7.10. The fourth-order valence-corrected chi connectivity index (χ4v) is 4.67. The molecule has 0 radical (unpaired) electrons. The number of hydrogen-bond acceptors (Lipinski definition) is 10. The molecule has 1 amide bonds. The Morgan fingerprint density at radius 2 is 1.98 bits per heavy atom. The first-order valence-electron chi connectivity index (χ1n) is 13.6. The highest BCUT2D eigenvalue weighted by Crippen LogP contribution is 2.33. The van der Waals surface area contributed by atoms with Crippen LogP contribution in [0.1, 0.15) is 19.8 Å². The van der Waals surface area contributed by atoms with E-state index in [1.165, 1.54) is 0 Å². The zero-order chi connectivity index (χ0) is 29.1. The summed E-state index contributed by atoms with van der Waals surface area (Å²) in [6, 6.07) is 11.0. The van der Waals surface area contributed by atoms with Gasteiger partial charge in [0.2, 0.25) is 11.8 Å². The van der Waals surface area contributed by atoms with Gasteiger partial charge in [-0.25, -0.2) is 24.5 Å². The lowest BCUT2D eigenvalue weighted by atomic mass is 10.1. The topological polar surface area (TPSA) is 138 Å². The van der Waals surface area contributed by atoms with E-state index in [1.54, 1.807) is 36.2 Å². The van der Waals surface area contributed by atoms with Crippen LogP contribution in [-0.4, -0.2) is 68.4 Å². The molecule has 2 N–H and O–H groups in total. The van der Waals surface area contributed by atoms with Crippen LogP contribution in [0.4, 0.5) is 11.6 Å². The molecule has 0 bridgehead atoms. The van der Waals surface area contributed by atoms with Gasteiger partial charge in [-0.05, 0) is 60.0 Å². The van der Waals surface area contributed by atoms with Gasteiger partial charge in [0.25, 0.3) is 0 Å². The third-order valence-electron chi connectivity index (χ3n) is 6.66. The number of amides is 1. The van der Waals surface area contributed by atoms with Crippen LogP contribution >= 0.6 is 15.9 Å². The summed E-state index contributed by atoms with van der Waals surface area (Å²) in [4.78, 5) is 30.3. The molecule has 0 saturated heterocycles. The van der Waals surface area contributed by atoms with Crippen LogP contribution in [0.15, 0.2) is 59.6 Å². The van der Waals surface area contributed by atoms with Gasteiger partial charge in [-0.3, -0.25) is 4.79 Å². The monoisotopic (exact) mass is 632 g/mol. The Hall–Kier alpha value is -4.36. The molecule has 6 rings (SSSR count). The molecule has 42 heavy (non-hydrogen) atoms. The maximum atomic E-state index is 12.3. The molecule has 0 spiro atoms. The highest BCUT2D eigenvalue weighted by Gasteiger charge is 2.30. The lowest BCUT2D eigenvalue weighted by Gasteiger charge is -2.14. The minimum absolute atomic E-state index is 0.00406. The SMILES string of the molecule is CNc1ncc(-c2nc3ccc(OCC(C)OCCOc4cccc(Br)n4)cn3n2)c2cc(NC(=O)C3CC3)ncc12. The van der Waals surface area contributed by atoms with Gasteiger partial charge >= 0.3 is 0 Å². The van der Waals surface area contributed by atoms with E-state index in [0.717, 1.165) is 33.8 Å². The van der Waals surface area contributed by atoms with E-state index in [1.807, 2.05) is 37.3 Å². The Kier molecular flexibility index (Phi) is 8.11. The molecule has 5 heterocycles. The summed E-state index contributed by atoms with van der Waals surface area (Å²) in [5.74, 6) is 2.90. The molecule has 13 heteroatoms. The second kappa shape index (κ2) is 12.2. The van der Waals surface area contributed by atoms with Crippen molar-refractivity contribution >= 4 is 49.9 Å². The predicted octanol–water partition coefficient (Wildman–Crippen LogP) is 4.75. The molecule has 1 saturated carbocycles. The van der Waals surface area contributed by atoms with E-state index in [0.29, 0.717) is 54.6 Å². The van der Waals surface area contributed by atoms with Crippen molar-refractivity contribution in [2.75, 3.05) is 37.5 Å². The number of anilines is 2. The van der Waals surface area contributed by atoms with Crippen LogP contribution in [0.25, 0.3) is 27.8 Å². The predicted molar refractivity (Wildman–Crippen MR) is 161 cm³/mol. The number of ether oxygens (including phenoxy) is 3. The summed E-state index contributed by atoms with van der Waals surface area (Å²) in [6.45, 7) is 3.07. The number of halogens is 1. The van der Waals surface area contributed by atoms with E-state index < -0.39 is 0 Å². The maximum Gasteiger partial charge on any atom is 0.228 e. The minimum atomic E-state index is -0.155. The lowest BCUT2D eigenvalue weighted by molar-refractivity contribution is -0.117. The van der Waals surface area contributed by atoms with E-state index in [2.05, 4.69) is 41.5 Å². The van der Waals surface area contributed by atoms with Crippen molar-refractivity contribution < 1.29 is 19.0 Å². The summed E-state index contributed by atoms with van der Waals surface area (Å²) in [7, 11) is 1.80. The smallest absolute Gasteiger partial charge is 0.228 e. The zero-order valence-electron chi connectivity index (χ0n) is 23.1. The maximum absolute atomic E-state index is 12.3. The van der Waals surface area contributed by atoms with Crippen LogP contribution in [0, 0.1) is 5.92 Å². The van der Waals surface area contributed by atoms with Gasteiger partial charge in [-0.2, -0.15) is 0 Å². The Morgan fingerprint density at radius 1 is 1.10 bits per heavy atom. The first-order valence-corrected chi connectivity index (χ1v) is 14.4. The van der Waals surface area contributed by atoms with E-state index in [-0.39, 0.29) is 17.9 Å². The summed E-state index contributed by atoms with van der Waals surface area (Å²) in [5, 5.41) is 12.3. The van der Waals surface area contributed by atoms with Crippen LogP contribution in [0.5, 0.6) is 11.6 Å². The number of hydrogen-bond donors (Lipinski definition) is 2. The lowest BCUT2D eigenvalue weighted by Crippen LogP contribution is -2.21. The number of rotatable bonds is 12. The molecular weight excluding hydrogens is 604 g/mol. The molecule has 1 aliphatic rings. The molecule has 5 aromatic heterocycles. The second-order valence-electron chi connectivity index (χ2n) is 9.89. The van der Waals surface area contributed by atoms with Crippen molar-refractivity contribution in [3.05, 3.63) is 59.6 Å². The van der Waals surface area contributed by atoms with Crippen LogP contribution < -0.4 is 20.1 Å². The Labute approximate surface area is 250 Å². The summed E-state index contributed by atoms with van der Waals surface area (Å²) in [5.41, 5.74) is 1.38. The number of carbonyl (C=O) groups is 1. The standard InChI is InChI=1S/C29H29BrN8O4/c1-17(40-10-11-41-26-5-3-4-23(30)34-26)16-42-19-8-9-25-36-28(37-38(25)15-19)22-14-33-27(31-2)21-13-32-24(12-20(21)22)35-29(39)18-6-7-18/h3-5,8-9,12-15,17-18H,6-7,10-11,16H2,1-2H3,(H,31,33)(H,32,35,39). The number of carbonyl (C=O) groups excluding carboxylic acids is 1. The first kappa shape index (κ1) is 27.8. The average molecular weight is 634 g/mol. The van der Waals surface area contributed by atoms with Crippen molar-refractivity contribution in [1.29, 1.82) is 0 Å². The molecule has 5 aromatic rings. The largest absolute Gasteiger partial charge is 0.489 e. The number of pyridine rings is 4. The van der Waals surface area contributed by atoms with E-state index >= 15 is 0 Å². The number of aromatic nitrogens is 6. The number of nitrogens with zero attached hydrogens (tertiary/aromatic N) is 6. The van der Waals surface area contributed by atoms with Gasteiger partial charge in [0.15, 0.2) is 11.5 Å². The molecule has 216 valence electrons. The summed E-state index contributed by atoms with van der Waals surface area (Å²) in [6.07, 6.45) is 6.89.